The Morgan fingerprint density at radius 2 is 1.73 bits per heavy atom. The molecule has 0 saturated carbocycles. The van der Waals surface area contributed by atoms with Crippen LogP contribution >= 0.6 is 0 Å². The molecule has 2 aromatic carbocycles. The van der Waals surface area contributed by atoms with Crippen LogP contribution in [0.4, 0.5) is 4.39 Å². The predicted molar refractivity (Wildman–Crippen MR) is 111 cm³/mol. The van der Waals surface area contributed by atoms with Crippen LogP contribution in [-0.2, 0) is 22.6 Å². The van der Waals surface area contributed by atoms with Crippen molar-refractivity contribution in [2.24, 2.45) is 0 Å². The minimum absolute atomic E-state index is 0.119. The molecule has 0 fully saturated rings. The van der Waals surface area contributed by atoms with Crippen molar-refractivity contribution < 1.29 is 13.9 Å². The molecule has 4 rings (SSSR count). The molecule has 2 heterocycles. The number of hydrogen-bond donors (Lipinski definition) is 0. The topological polar surface area (TPSA) is 60.7 Å². The maximum absolute atomic E-state index is 13.4. The molecule has 0 spiro atoms. The van der Waals surface area contributed by atoms with Crippen molar-refractivity contribution in [2.75, 3.05) is 0 Å². The Morgan fingerprint density at radius 1 is 1.00 bits per heavy atom. The number of ether oxygens (including phenoxy) is 1. The second-order valence-electron chi connectivity index (χ2n) is 6.92. The highest BCUT2D eigenvalue weighted by molar-refractivity contribution is 5.78. The quantitative estimate of drug-likeness (QED) is 0.459. The third kappa shape index (κ3) is 4.43. The number of aromatic nitrogens is 2. The molecular weight excluding hydrogens is 383 g/mol. The fourth-order valence-corrected chi connectivity index (χ4v) is 3.30. The van der Waals surface area contributed by atoms with Crippen LogP contribution in [0.3, 0.4) is 0 Å². The molecule has 0 saturated heterocycles. The van der Waals surface area contributed by atoms with Gasteiger partial charge >= 0.3 is 5.97 Å². The largest absolute Gasteiger partial charge is 0.459 e. The van der Waals surface area contributed by atoms with Gasteiger partial charge < -0.3 is 4.74 Å². The Hall–Kier alpha value is -3.80. The summed E-state index contributed by atoms with van der Waals surface area (Å²) in [7, 11) is 0. The lowest BCUT2D eigenvalue weighted by Gasteiger charge is -2.17. The number of carbonyl (C=O) groups excluding carboxylic acids is 1. The Morgan fingerprint density at radius 3 is 2.50 bits per heavy atom. The summed E-state index contributed by atoms with van der Waals surface area (Å²) in [5, 5.41) is 0. The summed E-state index contributed by atoms with van der Waals surface area (Å²) in [5.74, 6) is -1.43. The van der Waals surface area contributed by atoms with Gasteiger partial charge in [0.1, 0.15) is 18.1 Å². The van der Waals surface area contributed by atoms with E-state index in [2.05, 4.69) is 4.98 Å². The van der Waals surface area contributed by atoms with E-state index >= 15 is 0 Å². The first-order chi connectivity index (χ1) is 14.6. The van der Waals surface area contributed by atoms with Gasteiger partial charge in [-0.1, -0.05) is 48.5 Å². The summed E-state index contributed by atoms with van der Waals surface area (Å²) >= 11 is 0. The van der Waals surface area contributed by atoms with Gasteiger partial charge in [-0.2, -0.15) is 0 Å². The summed E-state index contributed by atoms with van der Waals surface area (Å²) in [5.41, 5.74) is 2.24. The molecule has 0 N–H and O–H groups in total. The van der Waals surface area contributed by atoms with Gasteiger partial charge in [0.2, 0.25) is 0 Å². The fraction of sp³-hybridized carbons (Fsp3) is 0.125. The van der Waals surface area contributed by atoms with E-state index in [1.165, 1.54) is 22.6 Å². The molecule has 2 aromatic heterocycles. The van der Waals surface area contributed by atoms with Crippen LogP contribution < -0.4 is 5.56 Å². The molecule has 1 atom stereocenters. The van der Waals surface area contributed by atoms with Gasteiger partial charge in [-0.05, 0) is 41.8 Å². The maximum Gasteiger partial charge on any atom is 0.314 e. The van der Waals surface area contributed by atoms with E-state index in [0.717, 1.165) is 5.56 Å². The lowest BCUT2D eigenvalue weighted by atomic mass is 9.92. The van der Waals surface area contributed by atoms with Crippen molar-refractivity contribution in [1.82, 2.24) is 9.38 Å². The summed E-state index contributed by atoms with van der Waals surface area (Å²) in [6.07, 6.45) is 2.05. The summed E-state index contributed by atoms with van der Waals surface area (Å²) in [6, 6.07) is 22.0. The first-order valence-corrected chi connectivity index (χ1v) is 9.53. The molecule has 0 amide bonds. The zero-order valence-electron chi connectivity index (χ0n) is 16.1. The Balaban J connectivity index is 1.55. The highest BCUT2D eigenvalue weighted by Gasteiger charge is 2.23. The lowest BCUT2D eigenvalue weighted by Crippen LogP contribution is -2.20. The van der Waals surface area contributed by atoms with Crippen LogP contribution in [0, 0.1) is 5.82 Å². The number of carbonyl (C=O) groups is 1. The van der Waals surface area contributed by atoms with Crippen LogP contribution in [0.1, 0.15) is 22.7 Å². The van der Waals surface area contributed by atoms with Crippen LogP contribution in [0.2, 0.25) is 0 Å². The number of halogens is 1. The van der Waals surface area contributed by atoms with E-state index in [4.69, 9.17) is 4.74 Å². The van der Waals surface area contributed by atoms with Crippen molar-refractivity contribution >= 4 is 11.6 Å². The smallest absolute Gasteiger partial charge is 0.314 e. The number of esters is 1. The van der Waals surface area contributed by atoms with Gasteiger partial charge in [-0.15, -0.1) is 0 Å². The van der Waals surface area contributed by atoms with Crippen LogP contribution in [0.15, 0.2) is 89.9 Å². The number of pyridine rings is 1. The van der Waals surface area contributed by atoms with E-state index in [1.54, 1.807) is 36.5 Å². The zero-order valence-corrected chi connectivity index (χ0v) is 16.1. The van der Waals surface area contributed by atoms with Gasteiger partial charge in [0.15, 0.2) is 0 Å². The summed E-state index contributed by atoms with van der Waals surface area (Å²) < 4.78 is 20.3. The number of benzene rings is 2. The van der Waals surface area contributed by atoms with Crippen molar-refractivity contribution in [1.29, 1.82) is 0 Å². The average Bonchev–Trinajstić information content (AvgIpc) is 2.77. The van der Waals surface area contributed by atoms with E-state index in [9.17, 15) is 14.0 Å². The van der Waals surface area contributed by atoms with E-state index in [0.29, 0.717) is 23.3 Å². The minimum atomic E-state index is -0.602. The van der Waals surface area contributed by atoms with Crippen molar-refractivity contribution in [2.45, 2.75) is 18.9 Å². The fourth-order valence-electron chi connectivity index (χ4n) is 3.30. The summed E-state index contributed by atoms with van der Waals surface area (Å²) in [6.45, 7) is -0.119. The van der Waals surface area contributed by atoms with Gasteiger partial charge in [-0.25, -0.2) is 9.37 Å². The number of fused-ring (bicyclic) bond motifs is 1. The van der Waals surface area contributed by atoms with Gasteiger partial charge in [0.25, 0.3) is 5.56 Å². The van der Waals surface area contributed by atoms with E-state index < -0.39 is 11.9 Å². The molecule has 0 aliphatic carbocycles. The number of hydrogen-bond acceptors (Lipinski definition) is 4. The second-order valence-corrected chi connectivity index (χ2v) is 6.92. The van der Waals surface area contributed by atoms with Crippen molar-refractivity contribution in [3.63, 3.8) is 0 Å². The standard InChI is InChI=1S/C24H19FN2O3/c25-19-11-9-18(10-12-19)21(14-17-6-2-1-3-7-17)24(29)30-16-20-15-23(28)27-13-5-4-8-22(27)26-20/h1-13,15,21H,14,16H2. The third-order valence-corrected chi connectivity index (χ3v) is 4.83. The molecule has 4 aromatic rings. The van der Waals surface area contributed by atoms with Crippen molar-refractivity contribution in [3.8, 4) is 0 Å². The maximum atomic E-state index is 13.4. The van der Waals surface area contributed by atoms with Crippen LogP contribution in [0.25, 0.3) is 5.65 Å². The molecule has 0 aliphatic heterocycles. The Labute approximate surface area is 172 Å². The minimum Gasteiger partial charge on any atom is -0.459 e. The SMILES string of the molecule is O=C(OCc1cc(=O)n2ccccc2n1)C(Cc1ccccc1)c1ccc(F)cc1. The monoisotopic (exact) mass is 402 g/mol. The van der Waals surface area contributed by atoms with E-state index in [1.807, 2.05) is 30.3 Å². The van der Waals surface area contributed by atoms with Gasteiger partial charge in [0, 0.05) is 12.3 Å². The third-order valence-electron chi connectivity index (χ3n) is 4.83. The Kier molecular flexibility index (Phi) is 5.66. The highest BCUT2D eigenvalue weighted by Crippen LogP contribution is 2.23. The Bertz CT molecular complexity index is 1220. The molecule has 150 valence electrons. The van der Waals surface area contributed by atoms with Gasteiger partial charge in [0.05, 0.1) is 11.6 Å². The molecule has 1 unspecified atom stereocenters. The molecule has 0 bridgehead atoms. The lowest BCUT2D eigenvalue weighted by molar-refractivity contribution is -0.147. The normalized spacial score (nSPS) is 11.9. The predicted octanol–water partition coefficient (Wildman–Crippen LogP) is 3.90. The molecule has 6 heteroatoms. The molecular formula is C24H19FN2O3. The molecule has 5 nitrogen and oxygen atoms in total. The average molecular weight is 402 g/mol. The zero-order chi connectivity index (χ0) is 20.9. The molecule has 30 heavy (non-hydrogen) atoms. The first kappa shape index (κ1) is 19.5. The summed E-state index contributed by atoms with van der Waals surface area (Å²) in [4.78, 5) is 29.5. The first-order valence-electron chi connectivity index (χ1n) is 9.53. The van der Waals surface area contributed by atoms with Crippen LogP contribution in [0.5, 0.6) is 0 Å². The second kappa shape index (κ2) is 8.69. The molecule has 0 radical (unpaired) electrons. The highest BCUT2D eigenvalue weighted by atomic mass is 19.1. The molecule has 0 aliphatic rings. The number of rotatable bonds is 6. The van der Waals surface area contributed by atoms with Gasteiger partial charge in [-0.3, -0.25) is 14.0 Å². The van der Waals surface area contributed by atoms with E-state index in [-0.39, 0.29) is 18.0 Å². The van der Waals surface area contributed by atoms with Crippen molar-refractivity contribution in [3.05, 3.63) is 118 Å². The van der Waals surface area contributed by atoms with Crippen LogP contribution in [-0.4, -0.2) is 15.4 Å². The number of nitrogens with zero attached hydrogens (tertiary/aromatic N) is 2.